The molecule has 2 aliphatic carbocycles. The molecular weight excluding hydrogens is 364 g/mol. The third-order valence-electron chi connectivity index (χ3n) is 7.33. The van der Waals surface area contributed by atoms with Gasteiger partial charge in [0, 0.05) is 5.56 Å². The maximum atomic E-state index is 11.3. The zero-order valence-corrected chi connectivity index (χ0v) is 18.0. The van der Waals surface area contributed by atoms with Crippen molar-refractivity contribution in [1.82, 2.24) is 0 Å². The number of aromatic hydroxyl groups is 2. The second-order valence-electron chi connectivity index (χ2n) is 9.94. The van der Waals surface area contributed by atoms with Gasteiger partial charge in [0.15, 0.2) is 11.5 Å². The van der Waals surface area contributed by atoms with E-state index in [2.05, 4.69) is 6.92 Å². The van der Waals surface area contributed by atoms with Crippen molar-refractivity contribution >= 4 is 5.97 Å². The molecule has 2 fully saturated rings. The Morgan fingerprint density at radius 2 is 1.48 bits per heavy atom. The normalized spacial score (nSPS) is 18.5. The van der Waals surface area contributed by atoms with Crippen LogP contribution in [0, 0.1) is 10.8 Å². The summed E-state index contributed by atoms with van der Waals surface area (Å²) in [6, 6.07) is 3.56. The van der Waals surface area contributed by atoms with E-state index < -0.39 is 11.4 Å². The molecule has 2 saturated carbocycles. The lowest BCUT2D eigenvalue weighted by molar-refractivity contribution is -0.143. The molecule has 0 unspecified atom stereocenters. The number of hydrogen-bond donors (Lipinski definition) is 3. The van der Waals surface area contributed by atoms with Crippen LogP contribution in [0.1, 0.15) is 102 Å². The van der Waals surface area contributed by atoms with Gasteiger partial charge in [0.1, 0.15) is 0 Å². The van der Waals surface area contributed by atoms with Crippen LogP contribution in [0.3, 0.4) is 0 Å². The van der Waals surface area contributed by atoms with Crippen LogP contribution >= 0.6 is 0 Å². The Morgan fingerprint density at radius 3 is 2.14 bits per heavy atom. The van der Waals surface area contributed by atoms with E-state index in [0.29, 0.717) is 5.41 Å². The highest BCUT2D eigenvalue weighted by molar-refractivity contribution is 5.77. The highest BCUT2D eigenvalue weighted by atomic mass is 16.4. The minimum atomic E-state index is -0.642. The Balaban J connectivity index is 1.39. The number of aliphatic carboxylic acids is 1. The molecule has 2 aliphatic rings. The van der Waals surface area contributed by atoms with Gasteiger partial charge in [0.2, 0.25) is 0 Å². The Morgan fingerprint density at radius 1 is 0.862 bits per heavy atom. The first kappa shape index (κ1) is 22.0. The standard InChI is InChI=1S/C25H38O4/c1-24(15-16-24)13-7-3-2-5-9-19-11-12-21(26)22(27)20(19)10-6-4-8-14-25(17-18-25)23(28)29/h11-12,26-27H,2-10,13-18H2,1H3,(H,28,29). The zero-order chi connectivity index (χ0) is 20.9. The van der Waals surface area contributed by atoms with Crippen LogP contribution in [0.15, 0.2) is 12.1 Å². The summed E-state index contributed by atoms with van der Waals surface area (Å²) < 4.78 is 0. The Labute approximate surface area is 175 Å². The molecule has 3 rings (SSSR count). The molecule has 0 aromatic heterocycles. The van der Waals surface area contributed by atoms with Crippen LogP contribution in [0.25, 0.3) is 0 Å². The van der Waals surface area contributed by atoms with Crippen molar-refractivity contribution in [2.24, 2.45) is 10.8 Å². The molecule has 162 valence electrons. The van der Waals surface area contributed by atoms with Crippen molar-refractivity contribution in [2.45, 2.75) is 103 Å². The number of carboxylic acid groups (broad SMARTS) is 1. The minimum absolute atomic E-state index is 0.0355. The lowest BCUT2D eigenvalue weighted by atomic mass is 9.93. The highest BCUT2D eigenvalue weighted by Crippen LogP contribution is 2.50. The molecule has 0 heterocycles. The summed E-state index contributed by atoms with van der Waals surface area (Å²) in [6.45, 7) is 2.39. The molecule has 0 amide bonds. The van der Waals surface area contributed by atoms with Gasteiger partial charge < -0.3 is 15.3 Å². The van der Waals surface area contributed by atoms with Gasteiger partial charge >= 0.3 is 5.97 Å². The summed E-state index contributed by atoms with van der Waals surface area (Å²) in [6.07, 6.45) is 16.0. The highest BCUT2D eigenvalue weighted by Gasteiger charge is 2.49. The number of rotatable bonds is 14. The average Bonchev–Trinajstić information content (AvgIpc) is 3.60. The molecule has 0 spiro atoms. The van der Waals surface area contributed by atoms with Crippen LogP contribution in [0.4, 0.5) is 0 Å². The molecule has 4 nitrogen and oxygen atoms in total. The van der Waals surface area contributed by atoms with Gasteiger partial charge in [-0.05, 0) is 81.3 Å². The van der Waals surface area contributed by atoms with Crippen LogP contribution in [-0.4, -0.2) is 21.3 Å². The molecule has 0 aliphatic heterocycles. The van der Waals surface area contributed by atoms with Gasteiger partial charge in [0.25, 0.3) is 0 Å². The molecule has 0 atom stereocenters. The van der Waals surface area contributed by atoms with E-state index in [9.17, 15) is 20.1 Å². The van der Waals surface area contributed by atoms with Crippen molar-refractivity contribution < 1.29 is 20.1 Å². The first-order valence-corrected chi connectivity index (χ1v) is 11.6. The average molecular weight is 403 g/mol. The third-order valence-corrected chi connectivity index (χ3v) is 7.33. The van der Waals surface area contributed by atoms with Crippen molar-refractivity contribution in [2.75, 3.05) is 0 Å². The predicted octanol–water partition coefficient (Wildman–Crippen LogP) is 6.36. The van der Waals surface area contributed by atoms with Crippen LogP contribution in [-0.2, 0) is 17.6 Å². The SMILES string of the molecule is CC1(CCCCCCc2ccc(O)c(O)c2CCCCCC2(C(=O)O)CC2)CC1. The first-order chi connectivity index (χ1) is 13.9. The van der Waals surface area contributed by atoms with Gasteiger partial charge in [-0.2, -0.15) is 0 Å². The number of unbranched alkanes of at least 4 members (excludes halogenated alkanes) is 5. The predicted molar refractivity (Wildman–Crippen MR) is 115 cm³/mol. The Bertz CT molecular complexity index is 701. The maximum Gasteiger partial charge on any atom is 0.309 e. The summed E-state index contributed by atoms with van der Waals surface area (Å²) in [7, 11) is 0. The van der Waals surface area contributed by atoms with Crippen LogP contribution in [0.2, 0.25) is 0 Å². The fraction of sp³-hybridized carbons (Fsp3) is 0.720. The molecule has 1 aromatic carbocycles. The number of carbonyl (C=O) groups is 1. The second kappa shape index (κ2) is 9.40. The van der Waals surface area contributed by atoms with E-state index in [1.165, 1.54) is 38.5 Å². The van der Waals surface area contributed by atoms with E-state index in [4.69, 9.17) is 0 Å². The first-order valence-electron chi connectivity index (χ1n) is 11.6. The number of benzene rings is 1. The second-order valence-corrected chi connectivity index (χ2v) is 9.94. The number of hydrogen-bond acceptors (Lipinski definition) is 3. The molecule has 4 heteroatoms. The van der Waals surface area contributed by atoms with Gasteiger partial charge in [-0.15, -0.1) is 0 Å². The monoisotopic (exact) mass is 402 g/mol. The third kappa shape index (κ3) is 6.13. The summed E-state index contributed by atoms with van der Waals surface area (Å²) in [4.78, 5) is 11.3. The largest absolute Gasteiger partial charge is 0.504 e. The molecule has 29 heavy (non-hydrogen) atoms. The minimum Gasteiger partial charge on any atom is -0.504 e. The van der Waals surface area contributed by atoms with E-state index in [-0.39, 0.29) is 11.5 Å². The summed E-state index contributed by atoms with van der Waals surface area (Å²) >= 11 is 0. The van der Waals surface area contributed by atoms with Crippen molar-refractivity contribution in [3.63, 3.8) is 0 Å². The van der Waals surface area contributed by atoms with Gasteiger partial charge in [0.05, 0.1) is 5.41 Å². The van der Waals surface area contributed by atoms with E-state index in [0.717, 1.165) is 68.9 Å². The fourth-order valence-electron chi connectivity index (χ4n) is 4.53. The lowest BCUT2D eigenvalue weighted by Gasteiger charge is -2.14. The van der Waals surface area contributed by atoms with Gasteiger partial charge in [-0.3, -0.25) is 4.79 Å². The zero-order valence-electron chi connectivity index (χ0n) is 18.0. The van der Waals surface area contributed by atoms with Crippen molar-refractivity contribution in [3.8, 4) is 11.5 Å². The Kier molecular flexibility index (Phi) is 7.13. The van der Waals surface area contributed by atoms with Crippen molar-refractivity contribution in [3.05, 3.63) is 23.3 Å². The Hall–Kier alpha value is -1.71. The van der Waals surface area contributed by atoms with Gasteiger partial charge in [-0.25, -0.2) is 0 Å². The molecule has 0 saturated heterocycles. The smallest absolute Gasteiger partial charge is 0.309 e. The summed E-state index contributed by atoms with van der Waals surface area (Å²) in [5, 5.41) is 29.5. The topological polar surface area (TPSA) is 77.8 Å². The summed E-state index contributed by atoms with van der Waals surface area (Å²) in [5.41, 5.74) is 2.25. The number of carboxylic acids is 1. The number of aryl methyl sites for hydroxylation is 1. The van der Waals surface area contributed by atoms with E-state index in [1.807, 2.05) is 6.07 Å². The fourth-order valence-corrected chi connectivity index (χ4v) is 4.53. The van der Waals surface area contributed by atoms with Crippen molar-refractivity contribution in [1.29, 1.82) is 0 Å². The quantitative estimate of drug-likeness (QED) is 0.250. The lowest BCUT2D eigenvalue weighted by Crippen LogP contribution is -2.14. The summed E-state index contributed by atoms with van der Waals surface area (Å²) in [5.74, 6) is -0.644. The maximum absolute atomic E-state index is 11.3. The van der Waals surface area contributed by atoms with Gasteiger partial charge in [-0.1, -0.05) is 45.1 Å². The number of phenolic OH excluding ortho intramolecular Hbond substituents is 2. The van der Waals surface area contributed by atoms with Crippen LogP contribution < -0.4 is 0 Å². The number of phenols is 2. The molecule has 1 aromatic rings. The molecule has 3 N–H and O–H groups in total. The van der Waals surface area contributed by atoms with E-state index in [1.54, 1.807) is 6.07 Å². The van der Waals surface area contributed by atoms with E-state index >= 15 is 0 Å². The molecular formula is C25H38O4. The van der Waals surface area contributed by atoms with Crippen LogP contribution in [0.5, 0.6) is 11.5 Å². The molecule has 0 bridgehead atoms. The molecule has 0 radical (unpaired) electrons.